The van der Waals surface area contributed by atoms with Crippen LogP contribution in [0.4, 0.5) is 0 Å². The van der Waals surface area contributed by atoms with Gasteiger partial charge in [0.1, 0.15) is 11.6 Å². The summed E-state index contributed by atoms with van der Waals surface area (Å²) >= 11 is 0. The molecule has 2 aliphatic carbocycles. The van der Waals surface area contributed by atoms with Gasteiger partial charge in [-0.25, -0.2) is 0 Å². The average Bonchev–Trinajstić information content (AvgIpc) is 2.30. The highest BCUT2D eigenvalue weighted by Gasteiger charge is 2.48. The molecule has 88 valence electrons. The van der Waals surface area contributed by atoms with Gasteiger partial charge in [0.15, 0.2) is 0 Å². The Balaban J connectivity index is 2.33. The molecule has 1 fully saturated rings. The molecule has 2 atom stereocenters. The Morgan fingerprint density at radius 1 is 1.38 bits per heavy atom. The Kier molecular flexibility index (Phi) is 3.27. The summed E-state index contributed by atoms with van der Waals surface area (Å²) in [5.74, 6) is 0.461. The molecular weight excluding hydrogens is 200 g/mol. The van der Waals surface area contributed by atoms with Crippen molar-refractivity contribution < 1.29 is 9.59 Å². The van der Waals surface area contributed by atoms with Crippen LogP contribution >= 0.6 is 0 Å². The van der Waals surface area contributed by atoms with Gasteiger partial charge in [-0.15, -0.1) is 0 Å². The number of Topliss-reactive ketones (excluding diaryl/α,β-unsaturated/α-hetero) is 2. The van der Waals surface area contributed by atoms with E-state index in [-0.39, 0.29) is 17.5 Å². The highest BCUT2D eigenvalue weighted by Crippen LogP contribution is 2.44. The third kappa shape index (κ3) is 1.74. The Labute approximate surface area is 97.1 Å². The van der Waals surface area contributed by atoms with Crippen LogP contribution in [0.1, 0.15) is 51.9 Å². The standard InChI is InChI=1S/C14H20O2/c1-11(15)14(10-6-5-9-13(14)16)12-7-3-2-4-8-12/h3,7,12H,2,4-6,8-10H2,1H3. The van der Waals surface area contributed by atoms with Crippen LogP contribution in [-0.2, 0) is 9.59 Å². The van der Waals surface area contributed by atoms with Crippen molar-refractivity contribution in [2.75, 3.05) is 0 Å². The highest BCUT2D eigenvalue weighted by atomic mass is 16.2. The van der Waals surface area contributed by atoms with Crippen molar-refractivity contribution in [2.45, 2.75) is 51.9 Å². The number of hydrogen-bond acceptors (Lipinski definition) is 2. The van der Waals surface area contributed by atoms with Crippen LogP contribution in [-0.4, -0.2) is 11.6 Å². The van der Waals surface area contributed by atoms with Crippen LogP contribution < -0.4 is 0 Å². The number of rotatable bonds is 2. The maximum Gasteiger partial charge on any atom is 0.146 e. The first-order valence-electron chi connectivity index (χ1n) is 6.39. The molecule has 0 amide bonds. The third-order valence-electron chi connectivity index (χ3n) is 4.24. The molecule has 1 saturated carbocycles. The van der Waals surface area contributed by atoms with E-state index >= 15 is 0 Å². The van der Waals surface area contributed by atoms with Gasteiger partial charge < -0.3 is 0 Å². The molecule has 0 aromatic rings. The molecule has 0 aliphatic heterocycles. The smallest absolute Gasteiger partial charge is 0.146 e. The third-order valence-corrected chi connectivity index (χ3v) is 4.24. The predicted molar refractivity (Wildman–Crippen MR) is 63.1 cm³/mol. The first-order valence-corrected chi connectivity index (χ1v) is 6.39. The zero-order valence-corrected chi connectivity index (χ0v) is 10.00. The Morgan fingerprint density at radius 2 is 2.19 bits per heavy atom. The lowest BCUT2D eigenvalue weighted by molar-refractivity contribution is -0.145. The molecule has 2 rings (SSSR count). The summed E-state index contributed by atoms with van der Waals surface area (Å²) < 4.78 is 0. The minimum absolute atomic E-state index is 0.0914. The lowest BCUT2D eigenvalue weighted by Gasteiger charge is -2.40. The van der Waals surface area contributed by atoms with E-state index in [0.29, 0.717) is 6.42 Å². The number of carbonyl (C=O) groups excluding carboxylic acids is 2. The van der Waals surface area contributed by atoms with Crippen molar-refractivity contribution in [1.29, 1.82) is 0 Å². The molecule has 2 unspecified atom stereocenters. The topological polar surface area (TPSA) is 34.1 Å². The summed E-state index contributed by atoms with van der Waals surface area (Å²) in [5, 5.41) is 0. The van der Waals surface area contributed by atoms with Gasteiger partial charge in [0.25, 0.3) is 0 Å². The quantitative estimate of drug-likeness (QED) is 0.529. The van der Waals surface area contributed by atoms with E-state index in [0.717, 1.165) is 38.5 Å². The lowest BCUT2D eigenvalue weighted by Crippen LogP contribution is -2.46. The first-order chi connectivity index (χ1) is 7.68. The van der Waals surface area contributed by atoms with Crippen LogP contribution in [0.2, 0.25) is 0 Å². The monoisotopic (exact) mass is 220 g/mol. The van der Waals surface area contributed by atoms with Crippen LogP contribution in [0.3, 0.4) is 0 Å². The molecule has 2 aliphatic rings. The largest absolute Gasteiger partial charge is 0.299 e. The Bertz CT molecular complexity index is 330. The molecule has 0 saturated heterocycles. The molecule has 0 aromatic heterocycles. The lowest BCUT2D eigenvalue weighted by atomic mass is 9.61. The molecule has 2 heteroatoms. The fourth-order valence-corrected chi connectivity index (χ4v) is 3.30. The van der Waals surface area contributed by atoms with Gasteiger partial charge in [-0.05, 0) is 44.9 Å². The van der Waals surface area contributed by atoms with Crippen molar-refractivity contribution in [1.82, 2.24) is 0 Å². The predicted octanol–water partition coefficient (Wildman–Crippen LogP) is 3.06. The van der Waals surface area contributed by atoms with Gasteiger partial charge >= 0.3 is 0 Å². The summed E-state index contributed by atoms with van der Waals surface area (Å²) in [6, 6.07) is 0. The summed E-state index contributed by atoms with van der Waals surface area (Å²) in [7, 11) is 0. The number of allylic oxidation sites excluding steroid dienone is 2. The summed E-state index contributed by atoms with van der Waals surface area (Å²) in [6.07, 6.45) is 10.8. The van der Waals surface area contributed by atoms with E-state index in [1.54, 1.807) is 6.92 Å². The van der Waals surface area contributed by atoms with Gasteiger partial charge in [-0.3, -0.25) is 9.59 Å². The highest BCUT2D eigenvalue weighted by molar-refractivity contribution is 6.07. The van der Waals surface area contributed by atoms with Crippen LogP contribution in [0, 0.1) is 11.3 Å². The van der Waals surface area contributed by atoms with E-state index in [1.165, 1.54) is 0 Å². The molecule has 16 heavy (non-hydrogen) atoms. The number of ketones is 2. The normalized spacial score (nSPS) is 35.1. The molecule has 0 radical (unpaired) electrons. The Morgan fingerprint density at radius 3 is 2.75 bits per heavy atom. The maximum atomic E-state index is 12.2. The summed E-state index contributed by atoms with van der Waals surface area (Å²) in [5.41, 5.74) is -0.658. The van der Waals surface area contributed by atoms with Gasteiger partial charge in [0.05, 0.1) is 5.41 Å². The zero-order chi connectivity index (χ0) is 11.6. The minimum atomic E-state index is -0.658. The molecule has 0 aromatic carbocycles. The van der Waals surface area contributed by atoms with Crippen LogP contribution in [0.5, 0.6) is 0 Å². The summed E-state index contributed by atoms with van der Waals surface area (Å²) in [4.78, 5) is 24.2. The van der Waals surface area contributed by atoms with E-state index in [9.17, 15) is 9.59 Å². The van der Waals surface area contributed by atoms with Crippen molar-refractivity contribution in [3.8, 4) is 0 Å². The zero-order valence-electron chi connectivity index (χ0n) is 10.00. The first kappa shape index (κ1) is 11.6. The number of carbonyl (C=O) groups is 2. The van der Waals surface area contributed by atoms with Crippen molar-refractivity contribution in [2.24, 2.45) is 11.3 Å². The molecule has 2 nitrogen and oxygen atoms in total. The second kappa shape index (κ2) is 4.52. The second-order valence-corrected chi connectivity index (χ2v) is 5.12. The molecular formula is C14H20O2. The fourth-order valence-electron chi connectivity index (χ4n) is 3.30. The second-order valence-electron chi connectivity index (χ2n) is 5.12. The van der Waals surface area contributed by atoms with E-state index in [1.807, 2.05) is 0 Å². The summed E-state index contributed by atoms with van der Waals surface area (Å²) in [6.45, 7) is 1.60. The number of hydrogen-bond donors (Lipinski definition) is 0. The SMILES string of the molecule is CC(=O)C1(C2C=CCCC2)CCCCC1=O. The average molecular weight is 220 g/mol. The van der Waals surface area contributed by atoms with E-state index in [4.69, 9.17) is 0 Å². The minimum Gasteiger partial charge on any atom is -0.299 e. The van der Waals surface area contributed by atoms with E-state index in [2.05, 4.69) is 12.2 Å². The maximum absolute atomic E-state index is 12.2. The molecule has 0 N–H and O–H groups in total. The van der Waals surface area contributed by atoms with Crippen molar-refractivity contribution in [3.63, 3.8) is 0 Å². The van der Waals surface area contributed by atoms with E-state index < -0.39 is 5.41 Å². The molecule has 0 spiro atoms. The Hall–Kier alpha value is -0.920. The van der Waals surface area contributed by atoms with Gasteiger partial charge in [0, 0.05) is 6.42 Å². The van der Waals surface area contributed by atoms with Crippen molar-refractivity contribution >= 4 is 11.6 Å². The molecule has 0 bridgehead atoms. The van der Waals surface area contributed by atoms with Gasteiger partial charge in [-0.1, -0.05) is 18.6 Å². The van der Waals surface area contributed by atoms with Gasteiger partial charge in [-0.2, -0.15) is 0 Å². The molecule has 0 heterocycles. The van der Waals surface area contributed by atoms with Crippen LogP contribution in [0.15, 0.2) is 12.2 Å². The van der Waals surface area contributed by atoms with Gasteiger partial charge in [0.2, 0.25) is 0 Å². The van der Waals surface area contributed by atoms with Crippen molar-refractivity contribution in [3.05, 3.63) is 12.2 Å². The fraction of sp³-hybridized carbons (Fsp3) is 0.714. The van der Waals surface area contributed by atoms with Crippen LogP contribution in [0.25, 0.3) is 0 Å².